The molecule has 9 rings (SSSR count). The number of para-hydroxylation sites is 1. The SMILES string of the molecule is CC1(C)c2ccccc2N(c2ccc(-c3nc(-c4ccc(F)cc4)nc(-c4ccc(F)cc4)n3)cc2)c2cc3sc4ccccc4c3cc21. The number of halogens is 2. The first-order valence-electron chi connectivity index (χ1n) is 16.1. The Morgan fingerprint density at radius 1 is 0.510 bits per heavy atom. The van der Waals surface area contributed by atoms with Gasteiger partial charge in [0.25, 0.3) is 0 Å². The maximum atomic E-state index is 13.8. The lowest BCUT2D eigenvalue weighted by atomic mass is 9.73. The second-order valence-electron chi connectivity index (χ2n) is 12.8. The van der Waals surface area contributed by atoms with E-state index in [0.717, 1.165) is 22.6 Å². The monoisotopic (exact) mass is 658 g/mol. The standard InChI is InChI=1S/C42H28F2N4S/c1-42(2)33-8-4-5-9-35(33)48(36-24-38-32(23-34(36)42)31-7-3-6-10-37(31)49-38)30-21-15-27(16-22-30)41-46-39(25-11-17-28(43)18-12-25)45-40(47-41)26-13-19-29(44)20-14-26/h3-24H,1-2H3. The highest BCUT2D eigenvalue weighted by Crippen LogP contribution is 2.54. The molecule has 0 aliphatic carbocycles. The Kier molecular flexibility index (Phi) is 6.68. The van der Waals surface area contributed by atoms with E-state index in [9.17, 15) is 8.78 Å². The van der Waals surface area contributed by atoms with Gasteiger partial charge in [0.2, 0.25) is 0 Å². The summed E-state index contributed by atoms with van der Waals surface area (Å²) in [6.07, 6.45) is 0. The first-order valence-corrected chi connectivity index (χ1v) is 16.9. The molecule has 6 aromatic carbocycles. The number of hydrogen-bond donors (Lipinski definition) is 0. The molecule has 236 valence electrons. The van der Waals surface area contributed by atoms with Gasteiger partial charge in [0.15, 0.2) is 17.5 Å². The molecule has 7 heteroatoms. The normalized spacial score (nSPS) is 13.4. The number of thiophene rings is 1. The van der Waals surface area contributed by atoms with Gasteiger partial charge in [-0.3, -0.25) is 0 Å². The van der Waals surface area contributed by atoms with E-state index >= 15 is 0 Å². The fourth-order valence-electron chi connectivity index (χ4n) is 6.92. The zero-order chi connectivity index (χ0) is 33.3. The lowest BCUT2D eigenvalue weighted by molar-refractivity contribution is 0.627. The lowest BCUT2D eigenvalue weighted by Gasteiger charge is -2.42. The zero-order valence-corrected chi connectivity index (χ0v) is 27.5. The number of rotatable bonds is 4. The van der Waals surface area contributed by atoms with Crippen LogP contribution in [0, 0.1) is 11.6 Å². The number of benzene rings is 6. The summed E-state index contributed by atoms with van der Waals surface area (Å²) in [5.74, 6) is 0.589. The van der Waals surface area contributed by atoms with Crippen molar-refractivity contribution in [2.75, 3.05) is 4.90 Å². The van der Waals surface area contributed by atoms with E-state index in [1.165, 1.54) is 55.6 Å². The fraction of sp³-hybridized carbons (Fsp3) is 0.0714. The van der Waals surface area contributed by atoms with E-state index in [4.69, 9.17) is 9.97 Å². The van der Waals surface area contributed by atoms with E-state index in [1.54, 1.807) is 24.3 Å². The van der Waals surface area contributed by atoms with E-state index in [2.05, 4.69) is 96.5 Å². The molecule has 0 amide bonds. The van der Waals surface area contributed by atoms with Crippen molar-refractivity contribution in [3.8, 4) is 34.2 Å². The molecule has 8 aromatic rings. The molecule has 0 fully saturated rings. The predicted molar refractivity (Wildman–Crippen MR) is 196 cm³/mol. The summed E-state index contributed by atoms with van der Waals surface area (Å²) in [6.45, 7) is 4.62. The van der Waals surface area contributed by atoms with Crippen LogP contribution < -0.4 is 4.90 Å². The molecule has 0 unspecified atom stereocenters. The largest absolute Gasteiger partial charge is 0.310 e. The zero-order valence-electron chi connectivity index (χ0n) is 26.7. The first-order chi connectivity index (χ1) is 23.8. The van der Waals surface area contributed by atoms with Crippen molar-refractivity contribution in [1.82, 2.24) is 15.0 Å². The highest BCUT2D eigenvalue weighted by Gasteiger charge is 2.37. The minimum absolute atomic E-state index is 0.210. The van der Waals surface area contributed by atoms with Crippen molar-refractivity contribution < 1.29 is 8.78 Å². The molecule has 1 aliphatic rings. The maximum Gasteiger partial charge on any atom is 0.164 e. The molecule has 0 atom stereocenters. The van der Waals surface area contributed by atoms with Gasteiger partial charge in [-0.25, -0.2) is 23.7 Å². The van der Waals surface area contributed by atoms with Crippen LogP contribution in [0.15, 0.2) is 133 Å². The van der Waals surface area contributed by atoms with Crippen LogP contribution in [0.5, 0.6) is 0 Å². The third-order valence-electron chi connectivity index (χ3n) is 9.45. The van der Waals surface area contributed by atoms with Crippen molar-refractivity contribution in [2.24, 2.45) is 0 Å². The van der Waals surface area contributed by atoms with Crippen LogP contribution in [-0.2, 0) is 5.41 Å². The molecular weight excluding hydrogens is 631 g/mol. The Morgan fingerprint density at radius 3 is 1.65 bits per heavy atom. The van der Waals surface area contributed by atoms with Gasteiger partial charge in [-0.2, -0.15) is 0 Å². The fourth-order valence-corrected chi connectivity index (χ4v) is 8.04. The third kappa shape index (κ3) is 4.88. The summed E-state index contributed by atoms with van der Waals surface area (Å²) >= 11 is 1.82. The number of nitrogens with zero attached hydrogens (tertiary/aromatic N) is 4. The number of hydrogen-bond acceptors (Lipinski definition) is 5. The van der Waals surface area contributed by atoms with E-state index in [-0.39, 0.29) is 17.0 Å². The average Bonchev–Trinajstić information content (AvgIpc) is 3.49. The summed E-state index contributed by atoms with van der Waals surface area (Å²) in [4.78, 5) is 16.6. The Balaban J connectivity index is 1.18. The van der Waals surface area contributed by atoms with E-state index < -0.39 is 0 Å². The number of fused-ring (bicyclic) bond motifs is 5. The van der Waals surface area contributed by atoms with Gasteiger partial charge < -0.3 is 4.90 Å². The summed E-state index contributed by atoms with van der Waals surface area (Å²) in [6, 6.07) is 42.3. The first kappa shape index (κ1) is 29.4. The Hall–Kier alpha value is -5.79. The van der Waals surface area contributed by atoms with Crippen molar-refractivity contribution in [2.45, 2.75) is 19.3 Å². The van der Waals surface area contributed by atoms with Crippen LogP contribution in [0.25, 0.3) is 54.3 Å². The molecule has 0 saturated carbocycles. The molecule has 0 N–H and O–H groups in total. The summed E-state index contributed by atoms with van der Waals surface area (Å²) in [5.41, 5.74) is 7.75. The van der Waals surface area contributed by atoms with Crippen molar-refractivity contribution in [3.63, 3.8) is 0 Å². The van der Waals surface area contributed by atoms with Crippen LogP contribution in [0.1, 0.15) is 25.0 Å². The maximum absolute atomic E-state index is 13.8. The van der Waals surface area contributed by atoms with Crippen LogP contribution in [0.3, 0.4) is 0 Å². The summed E-state index contributed by atoms with van der Waals surface area (Å²) in [7, 11) is 0. The number of aromatic nitrogens is 3. The molecule has 2 aromatic heterocycles. The van der Waals surface area contributed by atoms with Gasteiger partial charge >= 0.3 is 0 Å². The van der Waals surface area contributed by atoms with E-state index in [1.807, 2.05) is 23.5 Å². The van der Waals surface area contributed by atoms with Crippen molar-refractivity contribution in [3.05, 3.63) is 156 Å². The molecule has 0 saturated heterocycles. The van der Waals surface area contributed by atoms with Crippen LogP contribution in [0.2, 0.25) is 0 Å². The Morgan fingerprint density at radius 2 is 1.04 bits per heavy atom. The second kappa shape index (κ2) is 11.1. The number of anilines is 3. The minimum Gasteiger partial charge on any atom is -0.310 e. The highest BCUT2D eigenvalue weighted by molar-refractivity contribution is 7.25. The topological polar surface area (TPSA) is 41.9 Å². The van der Waals surface area contributed by atoms with Gasteiger partial charge in [-0.05, 0) is 108 Å². The van der Waals surface area contributed by atoms with Crippen molar-refractivity contribution >= 4 is 48.6 Å². The molecule has 49 heavy (non-hydrogen) atoms. The van der Waals surface area contributed by atoms with Gasteiger partial charge in [-0.1, -0.05) is 50.2 Å². The Labute approximate surface area is 286 Å². The van der Waals surface area contributed by atoms with Gasteiger partial charge in [0.1, 0.15) is 11.6 Å². The van der Waals surface area contributed by atoms with Crippen LogP contribution in [0.4, 0.5) is 25.8 Å². The van der Waals surface area contributed by atoms with Crippen molar-refractivity contribution in [1.29, 1.82) is 0 Å². The molecule has 3 heterocycles. The smallest absolute Gasteiger partial charge is 0.164 e. The summed E-state index contributed by atoms with van der Waals surface area (Å²) in [5, 5.41) is 2.57. The van der Waals surface area contributed by atoms with Gasteiger partial charge in [0, 0.05) is 48.0 Å². The molecule has 0 spiro atoms. The predicted octanol–water partition coefficient (Wildman–Crippen LogP) is 11.6. The molecule has 0 radical (unpaired) electrons. The Bertz CT molecular complexity index is 2480. The van der Waals surface area contributed by atoms with Gasteiger partial charge in [0.05, 0.1) is 11.4 Å². The van der Waals surface area contributed by atoms with E-state index in [0.29, 0.717) is 28.6 Å². The minimum atomic E-state index is -0.343. The molecule has 4 nitrogen and oxygen atoms in total. The lowest BCUT2D eigenvalue weighted by Crippen LogP contribution is -2.30. The average molecular weight is 659 g/mol. The molecule has 0 bridgehead atoms. The van der Waals surface area contributed by atoms with Crippen LogP contribution >= 0.6 is 11.3 Å². The van der Waals surface area contributed by atoms with Crippen LogP contribution in [-0.4, -0.2) is 15.0 Å². The second-order valence-corrected chi connectivity index (χ2v) is 13.9. The third-order valence-corrected chi connectivity index (χ3v) is 10.6. The summed E-state index contributed by atoms with van der Waals surface area (Å²) < 4.78 is 30.1. The molecular formula is C42H28F2N4S. The highest BCUT2D eigenvalue weighted by atomic mass is 32.1. The molecule has 1 aliphatic heterocycles. The van der Waals surface area contributed by atoms with Gasteiger partial charge in [-0.15, -0.1) is 11.3 Å². The quantitative estimate of drug-likeness (QED) is 0.189.